The molecule has 5 rings (SSSR count). The predicted octanol–water partition coefficient (Wildman–Crippen LogP) is 7.98. The van der Waals surface area contributed by atoms with Gasteiger partial charge in [-0.2, -0.15) is 0 Å². The van der Waals surface area contributed by atoms with E-state index in [1.54, 1.807) is 0 Å². The van der Waals surface area contributed by atoms with Crippen LogP contribution in [-0.4, -0.2) is 31.6 Å². The van der Waals surface area contributed by atoms with Gasteiger partial charge in [-0.15, -0.1) is 11.3 Å². The zero-order valence-corrected chi connectivity index (χ0v) is 25.4. The molecule has 0 unspecified atom stereocenters. The first-order chi connectivity index (χ1) is 18.5. The van der Waals surface area contributed by atoms with Gasteiger partial charge in [-0.3, -0.25) is 4.79 Å². The number of fused-ring (bicyclic) bond motifs is 2. The second kappa shape index (κ2) is 14.2. The first-order valence-corrected chi connectivity index (χ1v) is 16.0. The van der Waals surface area contributed by atoms with Crippen LogP contribution in [0.3, 0.4) is 0 Å². The number of hydrogen-bond donors (Lipinski definition) is 1. The van der Waals surface area contributed by atoms with Gasteiger partial charge in [-0.1, -0.05) is 68.4 Å². The summed E-state index contributed by atoms with van der Waals surface area (Å²) in [5.41, 5.74) is 1.29. The van der Waals surface area contributed by atoms with Gasteiger partial charge in [0.2, 0.25) is 10.0 Å². The fourth-order valence-corrected chi connectivity index (χ4v) is 6.44. The third-order valence-corrected chi connectivity index (χ3v) is 9.13. The molecule has 1 N–H and O–H groups in total. The van der Waals surface area contributed by atoms with Crippen molar-refractivity contribution in [2.75, 3.05) is 0 Å². The van der Waals surface area contributed by atoms with Crippen LogP contribution in [0.25, 0.3) is 21.5 Å². The molecule has 7 heteroatoms. The fourth-order valence-electron chi connectivity index (χ4n) is 4.02. The zero-order chi connectivity index (χ0) is 28.6. The lowest BCUT2D eigenvalue weighted by Gasteiger charge is -2.13. The molecule has 0 amide bonds. The highest BCUT2D eigenvalue weighted by atomic mass is 32.2. The molecule has 0 atom stereocenters. The lowest BCUT2D eigenvalue weighted by Crippen LogP contribution is -2.32. The monoisotopic (exact) mass is 567 g/mol. The van der Waals surface area contributed by atoms with Crippen LogP contribution in [-0.2, 0) is 21.4 Å². The summed E-state index contributed by atoms with van der Waals surface area (Å²) in [6.45, 7) is 12.3. The van der Waals surface area contributed by atoms with E-state index in [4.69, 9.17) is 4.74 Å². The Hall–Kier alpha value is -2.58. The smallest absolute Gasteiger partial charge is 0.214 e. The Morgan fingerprint density at radius 1 is 0.897 bits per heavy atom. The highest BCUT2D eigenvalue weighted by Gasteiger charge is 2.35. The number of rotatable bonds is 8. The quantitative estimate of drug-likeness (QED) is 0.173. The Bertz CT molecular complexity index is 1400. The SMILES string of the molecule is CC(C)C(=O)c1cccs1.CC(C)NS(=O)(=O)C1CC1.CC(C)OCc1c2ccccc2cc2ccccc12. The van der Waals surface area contributed by atoms with Gasteiger partial charge in [0.15, 0.2) is 5.78 Å². The van der Waals surface area contributed by atoms with Crippen LogP contribution in [0, 0.1) is 5.92 Å². The molecule has 0 saturated heterocycles. The Labute approximate surface area is 237 Å². The molecular formula is C32H41NO4S2. The summed E-state index contributed by atoms with van der Waals surface area (Å²) >= 11 is 1.51. The zero-order valence-electron chi connectivity index (χ0n) is 23.8. The number of hydrogen-bond acceptors (Lipinski definition) is 5. The average Bonchev–Trinajstić information content (AvgIpc) is 3.62. The van der Waals surface area contributed by atoms with Crippen LogP contribution in [0.15, 0.2) is 72.1 Å². The number of Topliss-reactive ketones (excluding diaryl/α,β-unsaturated/α-hetero) is 1. The van der Waals surface area contributed by atoms with Crippen molar-refractivity contribution in [2.45, 2.75) is 78.4 Å². The van der Waals surface area contributed by atoms with E-state index in [1.807, 2.05) is 45.2 Å². The van der Waals surface area contributed by atoms with Gasteiger partial charge in [0.05, 0.1) is 22.8 Å². The first kappa shape index (κ1) is 31.0. The van der Waals surface area contributed by atoms with Gasteiger partial charge in [-0.25, -0.2) is 13.1 Å². The van der Waals surface area contributed by atoms with E-state index in [9.17, 15) is 13.2 Å². The lowest BCUT2D eigenvalue weighted by atomic mass is 9.97. The van der Waals surface area contributed by atoms with Crippen LogP contribution in [0.4, 0.5) is 0 Å². The second-order valence-corrected chi connectivity index (χ2v) is 13.6. The highest BCUT2D eigenvalue weighted by Crippen LogP contribution is 2.29. The van der Waals surface area contributed by atoms with E-state index in [0.29, 0.717) is 6.61 Å². The minimum Gasteiger partial charge on any atom is -0.374 e. The molecule has 3 aromatic carbocycles. The Morgan fingerprint density at radius 2 is 1.46 bits per heavy atom. The van der Waals surface area contributed by atoms with Gasteiger partial charge in [-0.05, 0) is 85.2 Å². The van der Waals surface area contributed by atoms with Crippen LogP contribution in [0.5, 0.6) is 0 Å². The molecule has 5 nitrogen and oxygen atoms in total. The number of ether oxygens (including phenoxy) is 1. The standard InChI is InChI=1S/C18H18O.C8H10OS.C6H13NO2S/c1-13(2)19-12-18-16-9-5-3-7-14(16)11-15-8-4-6-10-17(15)18;1-6(2)8(9)7-4-3-5-10-7;1-5(2)7-10(8,9)6-3-4-6/h3-11,13H,12H2,1-2H3;3-6H,1-2H3;5-7H,3-4H2,1-2H3. The van der Waals surface area contributed by atoms with E-state index >= 15 is 0 Å². The average molecular weight is 568 g/mol. The molecule has 1 aliphatic carbocycles. The summed E-state index contributed by atoms with van der Waals surface area (Å²) in [4.78, 5) is 12.1. The molecule has 0 aliphatic heterocycles. The normalized spacial score (nSPS) is 13.4. The molecule has 0 radical (unpaired) electrons. The molecule has 0 bridgehead atoms. The van der Waals surface area contributed by atoms with Crippen molar-refractivity contribution in [1.29, 1.82) is 0 Å². The summed E-state index contributed by atoms with van der Waals surface area (Å²) < 4.78 is 30.6. The van der Waals surface area contributed by atoms with Gasteiger partial charge >= 0.3 is 0 Å². The van der Waals surface area contributed by atoms with Gasteiger partial charge in [0, 0.05) is 12.0 Å². The summed E-state index contributed by atoms with van der Waals surface area (Å²) in [5, 5.41) is 6.99. The maximum Gasteiger partial charge on any atom is 0.214 e. The van der Waals surface area contributed by atoms with E-state index in [1.165, 1.54) is 38.4 Å². The Morgan fingerprint density at radius 3 is 1.90 bits per heavy atom. The number of nitrogens with one attached hydrogen (secondary N) is 1. The van der Waals surface area contributed by atoms with Crippen molar-refractivity contribution in [3.8, 4) is 0 Å². The van der Waals surface area contributed by atoms with Crippen LogP contribution in [0.1, 0.15) is 69.6 Å². The summed E-state index contributed by atoms with van der Waals surface area (Å²) in [6.07, 6.45) is 1.92. The van der Waals surface area contributed by atoms with Crippen molar-refractivity contribution >= 4 is 48.7 Å². The number of benzene rings is 3. The minimum atomic E-state index is -2.94. The molecule has 1 aromatic heterocycles. The van der Waals surface area contributed by atoms with Crippen molar-refractivity contribution in [1.82, 2.24) is 4.72 Å². The van der Waals surface area contributed by atoms with Crippen molar-refractivity contribution in [2.24, 2.45) is 5.92 Å². The third-order valence-electron chi connectivity index (χ3n) is 6.10. The Balaban J connectivity index is 0.000000178. The Kier molecular flexibility index (Phi) is 11.2. The maximum absolute atomic E-state index is 11.2. The molecular weight excluding hydrogens is 526 g/mol. The minimum absolute atomic E-state index is 0.0330. The fraction of sp³-hybridized carbons (Fsp3) is 0.406. The van der Waals surface area contributed by atoms with E-state index in [0.717, 1.165) is 17.7 Å². The van der Waals surface area contributed by atoms with Gasteiger partial charge in [0.1, 0.15) is 0 Å². The molecule has 1 fully saturated rings. The number of carbonyl (C=O) groups is 1. The van der Waals surface area contributed by atoms with E-state index in [2.05, 4.69) is 73.2 Å². The topological polar surface area (TPSA) is 72.5 Å². The predicted molar refractivity (Wildman–Crippen MR) is 165 cm³/mol. The first-order valence-electron chi connectivity index (χ1n) is 13.6. The molecule has 1 aliphatic rings. The molecule has 4 aromatic rings. The maximum atomic E-state index is 11.2. The van der Waals surface area contributed by atoms with Gasteiger partial charge < -0.3 is 4.74 Å². The molecule has 1 saturated carbocycles. The van der Waals surface area contributed by atoms with Crippen molar-refractivity contribution in [3.63, 3.8) is 0 Å². The largest absolute Gasteiger partial charge is 0.374 e. The number of sulfonamides is 1. The molecule has 1 heterocycles. The van der Waals surface area contributed by atoms with Crippen molar-refractivity contribution in [3.05, 3.63) is 82.6 Å². The van der Waals surface area contributed by atoms with Crippen LogP contribution >= 0.6 is 11.3 Å². The van der Waals surface area contributed by atoms with Crippen LogP contribution < -0.4 is 4.72 Å². The number of carbonyl (C=O) groups excluding carboxylic acids is 1. The van der Waals surface area contributed by atoms with Crippen LogP contribution in [0.2, 0.25) is 0 Å². The lowest BCUT2D eigenvalue weighted by molar-refractivity contribution is 0.0671. The van der Waals surface area contributed by atoms with E-state index in [-0.39, 0.29) is 29.1 Å². The molecule has 39 heavy (non-hydrogen) atoms. The summed E-state index contributed by atoms with van der Waals surface area (Å²) in [7, 11) is -2.94. The third kappa shape index (κ3) is 9.24. The number of thiophene rings is 1. The molecule has 0 spiro atoms. The van der Waals surface area contributed by atoms with Crippen molar-refractivity contribution < 1.29 is 17.9 Å². The van der Waals surface area contributed by atoms with Gasteiger partial charge in [0.25, 0.3) is 0 Å². The summed E-state index contributed by atoms with van der Waals surface area (Å²) in [6, 6.07) is 23.1. The number of ketones is 1. The highest BCUT2D eigenvalue weighted by molar-refractivity contribution is 7.90. The second-order valence-electron chi connectivity index (χ2n) is 10.7. The summed E-state index contributed by atoms with van der Waals surface area (Å²) in [5.74, 6) is 0.369. The molecule has 210 valence electrons. The van der Waals surface area contributed by atoms with E-state index < -0.39 is 10.0 Å².